The van der Waals surface area contributed by atoms with E-state index >= 15 is 0 Å². The maximum atomic E-state index is 11.3. The molecule has 6 heteroatoms. The van der Waals surface area contributed by atoms with Crippen molar-refractivity contribution in [3.63, 3.8) is 0 Å². The number of fused-ring (bicyclic) bond motifs is 1. The van der Waals surface area contributed by atoms with Crippen LogP contribution in [0.5, 0.6) is 0 Å². The minimum Gasteiger partial charge on any atom is -0.477 e. The first-order chi connectivity index (χ1) is 12.0. The Morgan fingerprint density at radius 2 is 2.12 bits per heavy atom. The van der Waals surface area contributed by atoms with Gasteiger partial charge in [0.2, 0.25) is 0 Å². The fourth-order valence-electron chi connectivity index (χ4n) is 3.74. The van der Waals surface area contributed by atoms with E-state index in [1.54, 1.807) is 6.92 Å². The second-order valence-electron chi connectivity index (χ2n) is 6.81. The average Bonchev–Trinajstić information content (AvgIpc) is 3.27. The van der Waals surface area contributed by atoms with Gasteiger partial charge in [0, 0.05) is 16.6 Å². The molecule has 2 aromatic heterocycles. The number of thiazole rings is 1. The third-order valence-corrected chi connectivity index (χ3v) is 6.45. The second-order valence-corrected chi connectivity index (χ2v) is 8.22. The van der Waals surface area contributed by atoms with Crippen molar-refractivity contribution in [2.45, 2.75) is 39.0 Å². The third kappa shape index (κ3) is 3.18. The summed E-state index contributed by atoms with van der Waals surface area (Å²) in [6, 6.07) is 6.07. The van der Waals surface area contributed by atoms with E-state index in [9.17, 15) is 9.90 Å². The van der Waals surface area contributed by atoms with Crippen molar-refractivity contribution >= 4 is 39.8 Å². The summed E-state index contributed by atoms with van der Waals surface area (Å²) in [6.45, 7) is 1.72. The Bertz CT molecular complexity index is 954. The second kappa shape index (κ2) is 6.46. The van der Waals surface area contributed by atoms with Gasteiger partial charge in [0.25, 0.3) is 0 Å². The van der Waals surface area contributed by atoms with E-state index in [1.165, 1.54) is 42.7 Å². The molecular formula is C19H19ClN2O2S. The lowest BCUT2D eigenvalue weighted by molar-refractivity contribution is 0.0701. The van der Waals surface area contributed by atoms with Gasteiger partial charge >= 0.3 is 5.97 Å². The first-order valence-electron chi connectivity index (χ1n) is 8.53. The van der Waals surface area contributed by atoms with Gasteiger partial charge in [0.15, 0.2) is 0 Å². The van der Waals surface area contributed by atoms with Crippen LogP contribution in [0, 0.1) is 12.8 Å². The molecule has 0 spiro atoms. The molecule has 0 bridgehead atoms. The van der Waals surface area contributed by atoms with Crippen LogP contribution in [0.3, 0.4) is 0 Å². The van der Waals surface area contributed by atoms with Gasteiger partial charge in [-0.1, -0.05) is 37.3 Å². The summed E-state index contributed by atoms with van der Waals surface area (Å²) >= 11 is 7.67. The van der Waals surface area contributed by atoms with Crippen molar-refractivity contribution in [1.82, 2.24) is 9.97 Å². The van der Waals surface area contributed by atoms with Gasteiger partial charge in [0.1, 0.15) is 9.88 Å². The number of carboxylic acid groups (broad SMARTS) is 1. The van der Waals surface area contributed by atoms with E-state index in [2.05, 4.69) is 16.0 Å². The van der Waals surface area contributed by atoms with Crippen LogP contribution in [0.1, 0.15) is 46.7 Å². The highest BCUT2D eigenvalue weighted by Crippen LogP contribution is 2.35. The number of aromatic carboxylic acids is 1. The summed E-state index contributed by atoms with van der Waals surface area (Å²) in [6.07, 6.45) is 6.37. The Hall–Kier alpha value is -1.85. The van der Waals surface area contributed by atoms with Crippen molar-refractivity contribution in [3.8, 4) is 10.6 Å². The first-order valence-corrected chi connectivity index (χ1v) is 9.73. The van der Waals surface area contributed by atoms with Gasteiger partial charge in [0.05, 0.1) is 16.2 Å². The normalized spacial score (nSPS) is 15.3. The Kier molecular flexibility index (Phi) is 4.29. The van der Waals surface area contributed by atoms with E-state index in [-0.39, 0.29) is 4.88 Å². The molecule has 4 rings (SSSR count). The largest absolute Gasteiger partial charge is 0.477 e. The quantitative estimate of drug-likeness (QED) is 0.617. The van der Waals surface area contributed by atoms with Crippen LogP contribution in [-0.2, 0) is 6.42 Å². The molecule has 2 heterocycles. The van der Waals surface area contributed by atoms with Crippen LogP contribution >= 0.6 is 22.9 Å². The van der Waals surface area contributed by atoms with E-state index in [0.29, 0.717) is 15.7 Å². The molecular weight excluding hydrogens is 356 g/mol. The summed E-state index contributed by atoms with van der Waals surface area (Å²) in [7, 11) is 0. The van der Waals surface area contributed by atoms with Crippen LogP contribution in [0.2, 0.25) is 5.02 Å². The van der Waals surface area contributed by atoms with Gasteiger partial charge in [-0.15, -0.1) is 11.3 Å². The number of H-pyrrole nitrogens is 1. The highest BCUT2D eigenvalue weighted by Gasteiger charge is 2.19. The maximum Gasteiger partial charge on any atom is 0.347 e. The highest BCUT2D eigenvalue weighted by atomic mass is 35.5. The van der Waals surface area contributed by atoms with E-state index in [4.69, 9.17) is 11.6 Å². The lowest BCUT2D eigenvalue weighted by Gasteiger charge is -2.05. The summed E-state index contributed by atoms with van der Waals surface area (Å²) in [5.41, 5.74) is 3.58. The zero-order valence-electron chi connectivity index (χ0n) is 13.9. The molecule has 0 aliphatic heterocycles. The standard InChI is InChI=1S/C19H19ClN2O2S/c1-10-17(19(23)24)25-18(21-10)13-7-12-8-14(6-11-4-2-3-5-11)22-16(12)15(20)9-13/h7-9,11,22H,2-6H2,1H3,(H,23,24). The van der Waals surface area contributed by atoms with Gasteiger partial charge in [-0.3, -0.25) is 0 Å². The number of hydrogen-bond donors (Lipinski definition) is 2. The molecule has 0 unspecified atom stereocenters. The van der Waals surface area contributed by atoms with E-state index < -0.39 is 5.97 Å². The maximum absolute atomic E-state index is 11.3. The molecule has 1 aliphatic carbocycles. The summed E-state index contributed by atoms with van der Waals surface area (Å²) < 4.78 is 0. The van der Waals surface area contributed by atoms with Crippen LogP contribution in [0.4, 0.5) is 0 Å². The lowest BCUT2D eigenvalue weighted by atomic mass is 10.0. The summed E-state index contributed by atoms with van der Waals surface area (Å²) in [4.78, 5) is 19.4. The van der Waals surface area contributed by atoms with Crippen molar-refractivity contribution < 1.29 is 9.90 Å². The lowest BCUT2D eigenvalue weighted by Crippen LogP contribution is -1.98. The van der Waals surface area contributed by atoms with Crippen molar-refractivity contribution in [1.29, 1.82) is 0 Å². The molecule has 1 aromatic carbocycles. The smallest absolute Gasteiger partial charge is 0.347 e. The summed E-state index contributed by atoms with van der Waals surface area (Å²) in [5, 5.41) is 11.6. The SMILES string of the molecule is Cc1nc(-c2cc(Cl)c3[nH]c(CC4CCCC4)cc3c2)sc1C(=O)O. The van der Waals surface area contributed by atoms with Gasteiger partial charge in [-0.25, -0.2) is 9.78 Å². The minimum atomic E-state index is -0.936. The van der Waals surface area contributed by atoms with Crippen LogP contribution < -0.4 is 0 Å². The Labute approximate surface area is 154 Å². The number of halogens is 1. The molecule has 1 saturated carbocycles. The molecule has 0 atom stereocenters. The zero-order valence-corrected chi connectivity index (χ0v) is 15.5. The number of aryl methyl sites for hydroxylation is 1. The number of carbonyl (C=O) groups is 1. The number of aromatic nitrogens is 2. The van der Waals surface area contributed by atoms with Crippen LogP contribution in [-0.4, -0.2) is 21.0 Å². The molecule has 0 amide bonds. The minimum absolute atomic E-state index is 0.280. The monoisotopic (exact) mass is 374 g/mol. The number of benzene rings is 1. The van der Waals surface area contributed by atoms with Gasteiger partial charge in [-0.05, 0) is 37.5 Å². The number of nitrogens with zero attached hydrogens (tertiary/aromatic N) is 1. The molecule has 0 radical (unpaired) electrons. The topological polar surface area (TPSA) is 66.0 Å². The number of aromatic amines is 1. The number of carboxylic acids is 1. The molecule has 1 aliphatic rings. The fourth-order valence-corrected chi connectivity index (χ4v) is 4.90. The molecule has 4 nitrogen and oxygen atoms in total. The van der Waals surface area contributed by atoms with Crippen LogP contribution in [0.15, 0.2) is 18.2 Å². The Morgan fingerprint density at radius 1 is 1.36 bits per heavy atom. The van der Waals surface area contributed by atoms with Crippen molar-refractivity contribution in [2.24, 2.45) is 5.92 Å². The Balaban J connectivity index is 1.71. The Morgan fingerprint density at radius 3 is 2.80 bits per heavy atom. The van der Waals surface area contributed by atoms with Crippen LogP contribution in [0.25, 0.3) is 21.5 Å². The van der Waals surface area contributed by atoms with Crippen molar-refractivity contribution in [2.75, 3.05) is 0 Å². The molecule has 2 N–H and O–H groups in total. The number of hydrogen-bond acceptors (Lipinski definition) is 3. The van der Waals surface area contributed by atoms with E-state index in [1.807, 2.05) is 12.1 Å². The number of rotatable bonds is 4. The molecule has 1 fully saturated rings. The van der Waals surface area contributed by atoms with Gasteiger partial charge < -0.3 is 10.1 Å². The number of nitrogens with one attached hydrogen (secondary N) is 1. The fraction of sp³-hybridized carbons (Fsp3) is 0.368. The molecule has 130 valence electrons. The van der Waals surface area contributed by atoms with Crippen molar-refractivity contribution in [3.05, 3.63) is 39.5 Å². The van der Waals surface area contributed by atoms with E-state index in [0.717, 1.165) is 28.8 Å². The zero-order chi connectivity index (χ0) is 17.6. The summed E-state index contributed by atoms with van der Waals surface area (Å²) in [5.74, 6) is -0.167. The highest BCUT2D eigenvalue weighted by molar-refractivity contribution is 7.17. The molecule has 3 aromatic rings. The third-order valence-electron chi connectivity index (χ3n) is 4.96. The van der Waals surface area contributed by atoms with Gasteiger partial charge in [-0.2, -0.15) is 0 Å². The predicted octanol–water partition coefficient (Wildman–Crippen LogP) is 5.68. The first kappa shape index (κ1) is 16.6. The molecule has 25 heavy (non-hydrogen) atoms. The predicted molar refractivity (Wildman–Crippen MR) is 102 cm³/mol. The average molecular weight is 375 g/mol. The molecule has 0 saturated heterocycles.